The summed E-state index contributed by atoms with van der Waals surface area (Å²) in [5.74, 6) is 0.607. The zero-order valence-corrected chi connectivity index (χ0v) is 11.6. The summed E-state index contributed by atoms with van der Waals surface area (Å²) in [5.41, 5.74) is 5.73. The maximum Gasteiger partial charge on any atom is 0.190 e. The highest BCUT2D eigenvalue weighted by molar-refractivity contribution is 7.94. The van der Waals surface area contributed by atoms with Crippen molar-refractivity contribution in [2.75, 3.05) is 6.54 Å². The number of rotatable bonds is 3. The maximum atomic E-state index is 12.5. The van der Waals surface area contributed by atoms with Crippen LogP contribution >= 0.6 is 11.3 Å². The maximum absolute atomic E-state index is 12.5. The van der Waals surface area contributed by atoms with Gasteiger partial charge in [-0.05, 0) is 42.7 Å². The molecule has 0 aliphatic heterocycles. The molecule has 0 aromatic carbocycles. The van der Waals surface area contributed by atoms with Crippen molar-refractivity contribution >= 4 is 21.2 Å². The lowest BCUT2D eigenvalue weighted by Gasteiger charge is -2.33. The molecule has 1 saturated carbocycles. The van der Waals surface area contributed by atoms with Crippen LogP contribution in [0.3, 0.4) is 0 Å². The Morgan fingerprint density at radius 2 is 2.24 bits per heavy atom. The molecular weight excluding hydrogens is 254 g/mol. The molecule has 3 nitrogen and oxygen atoms in total. The van der Waals surface area contributed by atoms with Crippen LogP contribution in [-0.4, -0.2) is 20.2 Å². The quantitative estimate of drug-likeness (QED) is 0.919. The average Bonchev–Trinajstić information content (AvgIpc) is 2.83. The lowest BCUT2D eigenvalue weighted by molar-refractivity contribution is 0.296. The van der Waals surface area contributed by atoms with Crippen molar-refractivity contribution in [1.29, 1.82) is 0 Å². The van der Waals surface area contributed by atoms with Crippen molar-refractivity contribution in [3.63, 3.8) is 0 Å². The number of hydrogen-bond acceptors (Lipinski definition) is 4. The van der Waals surface area contributed by atoms with Crippen LogP contribution in [0.1, 0.15) is 26.2 Å². The SMILES string of the molecule is CC1CCC(CN)C(S(=O)(=O)c2cccs2)C1. The number of hydrogen-bond donors (Lipinski definition) is 1. The summed E-state index contributed by atoms with van der Waals surface area (Å²) in [6.45, 7) is 2.60. The second-order valence-corrected chi connectivity index (χ2v) is 8.27. The Balaban J connectivity index is 2.30. The van der Waals surface area contributed by atoms with Crippen LogP contribution in [0.5, 0.6) is 0 Å². The van der Waals surface area contributed by atoms with Crippen molar-refractivity contribution in [2.24, 2.45) is 17.6 Å². The van der Waals surface area contributed by atoms with Gasteiger partial charge in [0.2, 0.25) is 0 Å². The standard InChI is InChI=1S/C12H19NO2S2/c1-9-4-5-10(8-13)11(7-9)17(14,15)12-3-2-6-16-12/h2-3,6,9-11H,4-5,7-8,13H2,1H3. The van der Waals surface area contributed by atoms with E-state index in [1.807, 2.05) is 5.38 Å². The van der Waals surface area contributed by atoms with Gasteiger partial charge in [0.1, 0.15) is 4.21 Å². The van der Waals surface area contributed by atoms with E-state index in [4.69, 9.17) is 5.73 Å². The Kier molecular flexibility index (Phi) is 3.90. The molecule has 1 aliphatic carbocycles. The monoisotopic (exact) mass is 273 g/mol. The highest BCUT2D eigenvalue weighted by Gasteiger charge is 2.38. The largest absolute Gasteiger partial charge is 0.330 e. The third kappa shape index (κ3) is 2.56. The molecule has 0 saturated heterocycles. The van der Waals surface area contributed by atoms with Gasteiger partial charge >= 0.3 is 0 Å². The van der Waals surface area contributed by atoms with Gasteiger partial charge in [-0.3, -0.25) is 0 Å². The fraction of sp³-hybridized carbons (Fsp3) is 0.667. The number of sulfone groups is 1. The van der Waals surface area contributed by atoms with Crippen LogP contribution in [0.15, 0.2) is 21.7 Å². The molecule has 1 aromatic rings. The molecule has 1 heterocycles. The summed E-state index contributed by atoms with van der Waals surface area (Å²) in [6.07, 6.45) is 2.79. The predicted molar refractivity (Wildman–Crippen MR) is 70.9 cm³/mol. The van der Waals surface area contributed by atoms with E-state index in [1.165, 1.54) is 11.3 Å². The highest BCUT2D eigenvalue weighted by Crippen LogP contribution is 2.36. The summed E-state index contributed by atoms with van der Waals surface area (Å²) >= 11 is 1.31. The van der Waals surface area contributed by atoms with Crippen molar-refractivity contribution in [1.82, 2.24) is 0 Å². The minimum atomic E-state index is -3.17. The molecule has 2 N–H and O–H groups in total. The van der Waals surface area contributed by atoms with E-state index in [0.29, 0.717) is 16.7 Å². The van der Waals surface area contributed by atoms with Crippen molar-refractivity contribution in [2.45, 2.75) is 35.6 Å². The predicted octanol–water partition coefficient (Wildman–Crippen LogP) is 2.29. The number of thiophene rings is 1. The molecule has 0 spiro atoms. The summed E-state index contributed by atoms with van der Waals surface area (Å²) in [7, 11) is -3.17. The Hall–Kier alpha value is -0.390. The first kappa shape index (κ1) is 13.1. The third-order valence-electron chi connectivity index (χ3n) is 3.67. The second-order valence-electron chi connectivity index (χ2n) is 4.93. The van der Waals surface area contributed by atoms with Crippen molar-refractivity contribution < 1.29 is 8.42 Å². The molecule has 17 heavy (non-hydrogen) atoms. The fourth-order valence-electron chi connectivity index (χ4n) is 2.62. The first-order valence-electron chi connectivity index (χ1n) is 6.03. The molecule has 3 atom stereocenters. The van der Waals surface area contributed by atoms with E-state index in [9.17, 15) is 8.42 Å². The van der Waals surface area contributed by atoms with E-state index in [1.54, 1.807) is 12.1 Å². The summed E-state index contributed by atoms with van der Waals surface area (Å²) in [6, 6.07) is 3.49. The van der Waals surface area contributed by atoms with Crippen LogP contribution in [0.4, 0.5) is 0 Å². The number of nitrogens with two attached hydrogens (primary N) is 1. The minimum absolute atomic E-state index is 0.123. The molecular formula is C12H19NO2S2. The Morgan fingerprint density at radius 1 is 1.47 bits per heavy atom. The molecule has 96 valence electrons. The van der Waals surface area contributed by atoms with Crippen LogP contribution in [0.25, 0.3) is 0 Å². The molecule has 5 heteroatoms. The van der Waals surface area contributed by atoms with Gasteiger partial charge in [-0.1, -0.05) is 19.4 Å². The Labute approximate surface area is 107 Å². The van der Waals surface area contributed by atoms with E-state index in [-0.39, 0.29) is 11.2 Å². The van der Waals surface area contributed by atoms with Gasteiger partial charge < -0.3 is 5.73 Å². The van der Waals surface area contributed by atoms with Crippen LogP contribution in [0.2, 0.25) is 0 Å². The highest BCUT2D eigenvalue weighted by atomic mass is 32.2. The second kappa shape index (κ2) is 5.08. The molecule has 1 aromatic heterocycles. The first-order valence-corrected chi connectivity index (χ1v) is 8.45. The van der Waals surface area contributed by atoms with Gasteiger partial charge in [-0.25, -0.2) is 8.42 Å². The van der Waals surface area contributed by atoms with E-state index in [0.717, 1.165) is 19.3 Å². The van der Waals surface area contributed by atoms with Gasteiger partial charge in [-0.15, -0.1) is 11.3 Å². The summed E-state index contributed by atoms with van der Waals surface area (Å²) < 4.78 is 25.5. The van der Waals surface area contributed by atoms with Crippen molar-refractivity contribution in [3.8, 4) is 0 Å². The van der Waals surface area contributed by atoms with Crippen LogP contribution in [-0.2, 0) is 9.84 Å². The van der Waals surface area contributed by atoms with E-state index >= 15 is 0 Å². The van der Waals surface area contributed by atoms with Crippen LogP contribution in [0, 0.1) is 11.8 Å². The average molecular weight is 273 g/mol. The van der Waals surface area contributed by atoms with Crippen molar-refractivity contribution in [3.05, 3.63) is 17.5 Å². The molecule has 0 radical (unpaired) electrons. The van der Waals surface area contributed by atoms with Gasteiger partial charge in [0.25, 0.3) is 0 Å². The zero-order valence-electron chi connectivity index (χ0n) is 10.0. The van der Waals surface area contributed by atoms with E-state index in [2.05, 4.69) is 6.92 Å². The molecule has 1 fully saturated rings. The smallest absolute Gasteiger partial charge is 0.190 e. The first-order chi connectivity index (χ1) is 8.05. The molecule has 0 amide bonds. The van der Waals surface area contributed by atoms with Gasteiger partial charge in [-0.2, -0.15) is 0 Å². The fourth-order valence-corrected chi connectivity index (χ4v) is 6.04. The summed E-state index contributed by atoms with van der Waals surface area (Å²) in [5, 5.41) is 1.53. The molecule has 0 bridgehead atoms. The summed E-state index contributed by atoms with van der Waals surface area (Å²) in [4.78, 5) is 0. The minimum Gasteiger partial charge on any atom is -0.330 e. The topological polar surface area (TPSA) is 60.2 Å². The molecule has 1 aliphatic rings. The van der Waals surface area contributed by atoms with Gasteiger partial charge in [0, 0.05) is 0 Å². The third-order valence-corrected chi connectivity index (χ3v) is 7.39. The van der Waals surface area contributed by atoms with Crippen LogP contribution < -0.4 is 5.73 Å². The Bertz CT molecular complexity index is 453. The van der Waals surface area contributed by atoms with Gasteiger partial charge in [0.05, 0.1) is 5.25 Å². The normalized spacial score (nSPS) is 30.4. The Morgan fingerprint density at radius 3 is 2.82 bits per heavy atom. The lowest BCUT2D eigenvalue weighted by Crippen LogP contribution is -2.39. The lowest BCUT2D eigenvalue weighted by atomic mass is 9.82. The van der Waals surface area contributed by atoms with Gasteiger partial charge in [0.15, 0.2) is 9.84 Å². The molecule has 3 unspecified atom stereocenters. The molecule has 2 rings (SSSR count). The van der Waals surface area contributed by atoms with E-state index < -0.39 is 9.84 Å². The zero-order chi connectivity index (χ0) is 12.5.